The van der Waals surface area contributed by atoms with Gasteiger partial charge >= 0.3 is 12.1 Å². The van der Waals surface area contributed by atoms with Crippen LogP contribution in [0, 0.1) is 5.41 Å². The number of amidine groups is 1. The Morgan fingerprint density at radius 1 is 0.929 bits per heavy atom. The lowest BCUT2D eigenvalue weighted by atomic mass is 10.0. The van der Waals surface area contributed by atoms with E-state index in [2.05, 4.69) is 21.2 Å². The molecule has 2 amide bonds. The number of carbonyl (C=O) groups is 3. The summed E-state index contributed by atoms with van der Waals surface area (Å²) in [7, 11) is 0. The number of nitrogen functional groups attached to an aromatic ring is 1. The zero-order valence-corrected chi connectivity index (χ0v) is 22.5. The van der Waals surface area contributed by atoms with Crippen molar-refractivity contribution in [1.29, 1.82) is 5.41 Å². The maximum atomic E-state index is 13.2. The molecule has 1 aromatic heterocycles. The second kappa shape index (κ2) is 15.4. The van der Waals surface area contributed by atoms with Crippen LogP contribution < -0.4 is 31.4 Å². The molecule has 0 aliphatic rings. The zero-order valence-electron chi connectivity index (χ0n) is 22.5. The Kier molecular flexibility index (Phi) is 12.1. The first-order valence-corrected chi connectivity index (χ1v) is 12.3. The molecule has 1 atom stereocenters. The molecular formula is C27H29F3N6O6. The van der Waals surface area contributed by atoms with Crippen LogP contribution in [0.1, 0.15) is 41.4 Å². The van der Waals surface area contributed by atoms with Crippen molar-refractivity contribution in [1.82, 2.24) is 15.8 Å². The number of hydrogen-bond acceptors (Lipinski definition) is 8. The molecule has 0 spiro atoms. The number of carboxylic acids is 1. The monoisotopic (exact) mass is 590 g/mol. The number of halogens is 3. The molecule has 3 aromatic rings. The van der Waals surface area contributed by atoms with Crippen LogP contribution in [-0.2, 0) is 9.59 Å². The zero-order chi connectivity index (χ0) is 31.3. The number of pyridine rings is 1. The summed E-state index contributed by atoms with van der Waals surface area (Å²) in [6, 6.07) is 14.2. The summed E-state index contributed by atoms with van der Waals surface area (Å²) in [5.74, 6) is -2.74. The number of hydrazine groups is 1. The third-order valence-electron chi connectivity index (χ3n) is 5.15. The fraction of sp³-hybridized carbons (Fsp3) is 0.222. The number of aromatic nitrogens is 1. The third kappa shape index (κ3) is 10.0. The SMILES string of the molecule is CCOc1ccc(C(Nc2ccc(C(=N)N)cc2)C(=O)NNC(=O)c2ccncc2)cc1OCC.O=C(O)C(F)(F)F. The number of nitrogens with one attached hydrogen (secondary N) is 4. The van der Waals surface area contributed by atoms with Gasteiger partial charge in [0.05, 0.1) is 13.2 Å². The molecule has 0 saturated carbocycles. The van der Waals surface area contributed by atoms with Crippen molar-refractivity contribution in [3.63, 3.8) is 0 Å². The predicted octanol–water partition coefficient (Wildman–Crippen LogP) is 3.41. The standard InChI is InChI=1S/C25H28N6O4.C2HF3O2/c1-3-34-20-10-7-18(15-21(20)35-4-2)22(29-19-8-5-16(6-9-19)23(26)27)25(33)31-30-24(32)17-11-13-28-14-12-17;3-2(4,5)1(6)7/h5-15,22,29H,3-4H2,1-2H3,(H3,26,27)(H,30,32)(H,31,33);(H,6,7). The van der Waals surface area contributed by atoms with Crippen LogP contribution >= 0.6 is 0 Å². The van der Waals surface area contributed by atoms with Gasteiger partial charge in [0, 0.05) is 29.2 Å². The molecule has 15 heteroatoms. The van der Waals surface area contributed by atoms with Crippen LogP contribution in [0.3, 0.4) is 0 Å². The Hall–Kier alpha value is -5.34. The maximum Gasteiger partial charge on any atom is 0.490 e. The van der Waals surface area contributed by atoms with Crippen LogP contribution in [0.4, 0.5) is 18.9 Å². The van der Waals surface area contributed by atoms with Crippen LogP contribution in [0.5, 0.6) is 11.5 Å². The minimum atomic E-state index is -5.08. The van der Waals surface area contributed by atoms with E-state index >= 15 is 0 Å². The number of carbonyl (C=O) groups excluding carboxylic acids is 2. The molecule has 0 fully saturated rings. The minimum absolute atomic E-state index is 0.0578. The third-order valence-corrected chi connectivity index (χ3v) is 5.15. The normalized spacial score (nSPS) is 11.2. The summed E-state index contributed by atoms with van der Waals surface area (Å²) in [6.07, 6.45) is -2.11. The molecule has 0 saturated heterocycles. The Morgan fingerprint density at radius 2 is 1.50 bits per heavy atom. The van der Waals surface area contributed by atoms with Crippen molar-refractivity contribution in [2.24, 2.45) is 5.73 Å². The van der Waals surface area contributed by atoms with Gasteiger partial charge in [-0.3, -0.25) is 30.8 Å². The van der Waals surface area contributed by atoms with E-state index in [0.29, 0.717) is 47.1 Å². The number of anilines is 1. The molecule has 0 radical (unpaired) electrons. The number of nitrogens with zero attached hydrogens (tertiary/aromatic N) is 1. The molecule has 12 nitrogen and oxygen atoms in total. The summed E-state index contributed by atoms with van der Waals surface area (Å²) < 4.78 is 43.1. The van der Waals surface area contributed by atoms with Crippen molar-refractivity contribution >= 4 is 29.3 Å². The smallest absolute Gasteiger partial charge is 0.490 e. The molecule has 1 unspecified atom stereocenters. The first-order chi connectivity index (χ1) is 19.9. The molecule has 0 bridgehead atoms. The lowest BCUT2D eigenvalue weighted by Gasteiger charge is -2.22. The second-order valence-corrected chi connectivity index (χ2v) is 8.12. The van der Waals surface area contributed by atoms with Gasteiger partial charge in [-0.1, -0.05) is 6.07 Å². The fourth-order valence-electron chi connectivity index (χ4n) is 3.23. The van der Waals surface area contributed by atoms with Crippen molar-refractivity contribution in [2.75, 3.05) is 18.5 Å². The molecule has 7 N–H and O–H groups in total. The minimum Gasteiger partial charge on any atom is -0.490 e. The van der Waals surface area contributed by atoms with Crippen LogP contribution in [0.25, 0.3) is 0 Å². The van der Waals surface area contributed by atoms with Gasteiger partial charge in [-0.2, -0.15) is 13.2 Å². The quantitative estimate of drug-likeness (QED) is 0.117. The fourth-order valence-corrected chi connectivity index (χ4v) is 3.23. The number of ether oxygens (including phenoxy) is 2. The molecule has 42 heavy (non-hydrogen) atoms. The van der Waals surface area contributed by atoms with Crippen molar-refractivity contribution < 1.29 is 42.1 Å². The first kappa shape index (κ1) is 32.9. The summed E-state index contributed by atoms with van der Waals surface area (Å²) in [5.41, 5.74) is 12.5. The van der Waals surface area contributed by atoms with E-state index in [0.717, 1.165) is 0 Å². The van der Waals surface area contributed by atoms with Gasteiger partial charge in [0.1, 0.15) is 11.9 Å². The van der Waals surface area contributed by atoms with E-state index < -0.39 is 30.0 Å². The molecule has 3 rings (SSSR count). The first-order valence-electron chi connectivity index (χ1n) is 12.3. The number of aliphatic carboxylic acids is 1. The van der Waals surface area contributed by atoms with Crippen LogP contribution in [0.15, 0.2) is 67.0 Å². The number of amides is 2. The van der Waals surface area contributed by atoms with E-state index in [-0.39, 0.29) is 5.84 Å². The van der Waals surface area contributed by atoms with E-state index in [1.165, 1.54) is 24.5 Å². The molecule has 224 valence electrons. The highest BCUT2D eigenvalue weighted by Crippen LogP contribution is 2.32. The molecule has 1 heterocycles. The van der Waals surface area contributed by atoms with Crippen molar-refractivity contribution in [2.45, 2.75) is 26.1 Å². The van der Waals surface area contributed by atoms with Crippen molar-refractivity contribution in [3.05, 3.63) is 83.7 Å². The summed E-state index contributed by atoms with van der Waals surface area (Å²) in [6.45, 7) is 4.61. The number of rotatable bonds is 10. The maximum absolute atomic E-state index is 13.2. The largest absolute Gasteiger partial charge is 0.490 e. The van der Waals surface area contributed by atoms with E-state index in [9.17, 15) is 22.8 Å². The Bertz CT molecular complexity index is 1370. The Labute approximate surface area is 238 Å². The second-order valence-electron chi connectivity index (χ2n) is 8.12. The number of hydrogen-bond donors (Lipinski definition) is 6. The lowest BCUT2D eigenvalue weighted by Crippen LogP contribution is -2.45. The van der Waals surface area contributed by atoms with Crippen LogP contribution in [-0.4, -0.2) is 53.1 Å². The molecular weight excluding hydrogens is 561 g/mol. The number of alkyl halides is 3. The van der Waals surface area contributed by atoms with E-state index in [4.69, 9.17) is 30.5 Å². The molecule has 2 aromatic carbocycles. The van der Waals surface area contributed by atoms with Gasteiger partial charge in [0.25, 0.3) is 11.8 Å². The molecule has 0 aliphatic heterocycles. The average Bonchev–Trinajstić information content (AvgIpc) is 2.96. The number of benzene rings is 2. The topological polar surface area (TPSA) is 189 Å². The Balaban J connectivity index is 0.000000782. The van der Waals surface area contributed by atoms with Gasteiger partial charge in [-0.25, -0.2) is 4.79 Å². The summed E-state index contributed by atoms with van der Waals surface area (Å²) in [5, 5.41) is 17.8. The Morgan fingerprint density at radius 3 is 2.02 bits per heavy atom. The van der Waals surface area contributed by atoms with Crippen molar-refractivity contribution in [3.8, 4) is 11.5 Å². The lowest BCUT2D eigenvalue weighted by molar-refractivity contribution is -0.192. The predicted molar refractivity (Wildman–Crippen MR) is 146 cm³/mol. The van der Waals surface area contributed by atoms with E-state index in [1.807, 2.05) is 13.8 Å². The highest BCUT2D eigenvalue weighted by molar-refractivity contribution is 5.97. The van der Waals surface area contributed by atoms with Gasteiger partial charge in [-0.15, -0.1) is 0 Å². The number of nitrogens with two attached hydrogens (primary N) is 1. The summed E-state index contributed by atoms with van der Waals surface area (Å²) >= 11 is 0. The van der Waals surface area contributed by atoms with E-state index in [1.54, 1.807) is 42.5 Å². The summed E-state index contributed by atoms with van der Waals surface area (Å²) in [4.78, 5) is 38.4. The van der Waals surface area contributed by atoms with Gasteiger partial charge in [0.2, 0.25) is 0 Å². The van der Waals surface area contributed by atoms with Crippen LogP contribution in [0.2, 0.25) is 0 Å². The highest BCUT2D eigenvalue weighted by atomic mass is 19.4. The van der Waals surface area contributed by atoms with Gasteiger partial charge in [0.15, 0.2) is 11.5 Å². The van der Waals surface area contributed by atoms with Gasteiger partial charge in [-0.05, 0) is 67.9 Å². The molecule has 0 aliphatic carbocycles. The number of carboxylic acid groups (broad SMARTS) is 1. The highest BCUT2D eigenvalue weighted by Gasteiger charge is 2.38. The van der Waals surface area contributed by atoms with Gasteiger partial charge < -0.3 is 25.6 Å². The average molecular weight is 591 g/mol.